The summed E-state index contributed by atoms with van der Waals surface area (Å²) in [5.41, 5.74) is 4.04. The van der Waals surface area contributed by atoms with Gasteiger partial charge in [-0.3, -0.25) is 0 Å². The van der Waals surface area contributed by atoms with E-state index in [2.05, 4.69) is 17.7 Å². The lowest BCUT2D eigenvalue weighted by atomic mass is 9.99. The molecule has 0 aliphatic carbocycles. The van der Waals surface area contributed by atoms with Crippen LogP contribution in [0.3, 0.4) is 0 Å². The first kappa shape index (κ1) is 26.0. The van der Waals surface area contributed by atoms with Crippen LogP contribution >= 0.6 is 22.9 Å². The SMILES string of the molecule is C#CCN(c1nc(-c2cc(C)c(OC)cc2Cl)c(C)s1)C(CCC)c1ccc(COC)c(F)c1. The van der Waals surface area contributed by atoms with Crippen molar-refractivity contribution < 1.29 is 13.9 Å². The van der Waals surface area contributed by atoms with Gasteiger partial charge in [-0.05, 0) is 49.6 Å². The van der Waals surface area contributed by atoms with Crippen LogP contribution in [-0.4, -0.2) is 25.7 Å². The van der Waals surface area contributed by atoms with Crippen molar-refractivity contribution in [3.8, 4) is 29.4 Å². The maximum Gasteiger partial charge on any atom is 0.187 e. The van der Waals surface area contributed by atoms with E-state index in [0.717, 1.165) is 51.0 Å². The van der Waals surface area contributed by atoms with Crippen molar-refractivity contribution in [1.29, 1.82) is 0 Å². The summed E-state index contributed by atoms with van der Waals surface area (Å²) < 4.78 is 25.2. The van der Waals surface area contributed by atoms with E-state index in [0.29, 0.717) is 17.1 Å². The van der Waals surface area contributed by atoms with Crippen LogP contribution in [0.15, 0.2) is 30.3 Å². The Morgan fingerprint density at radius 2 is 2.00 bits per heavy atom. The molecule has 1 aromatic heterocycles. The lowest BCUT2D eigenvalue weighted by Crippen LogP contribution is -2.29. The Hall–Kier alpha value is -2.59. The molecule has 0 aliphatic heterocycles. The van der Waals surface area contributed by atoms with E-state index in [1.165, 1.54) is 0 Å². The smallest absolute Gasteiger partial charge is 0.187 e. The summed E-state index contributed by atoms with van der Waals surface area (Å²) in [7, 11) is 3.18. The summed E-state index contributed by atoms with van der Waals surface area (Å²) in [6.45, 7) is 6.69. The normalized spacial score (nSPS) is 11.8. The molecule has 34 heavy (non-hydrogen) atoms. The molecule has 0 N–H and O–H groups in total. The first-order valence-corrected chi connectivity index (χ1v) is 12.3. The number of anilines is 1. The highest BCUT2D eigenvalue weighted by atomic mass is 35.5. The van der Waals surface area contributed by atoms with Crippen LogP contribution in [0.4, 0.5) is 9.52 Å². The van der Waals surface area contributed by atoms with Crippen molar-refractivity contribution in [1.82, 2.24) is 4.98 Å². The van der Waals surface area contributed by atoms with E-state index >= 15 is 0 Å². The summed E-state index contributed by atoms with van der Waals surface area (Å²) in [5.74, 6) is 3.22. The molecule has 0 amide bonds. The van der Waals surface area contributed by atoms with E-state index in [1.807, 2.05) is 32.0 Å². The van der Waals surface area contributed by atoms with E-state index in [-0.39, 0.29) is 18.5 Å². The molecule has 7 heteroatoms. The van der Waals surface area contributed by atoms with Crippen molar-refractivity contribution in [3.63, 3.8) is 0 Å². The molecule has 3 rings (SSSR count). The minimum atomic E-state index is -0.280. The van der Waals surface area contributed by atoms with Crippen molar-refractivity contribution >= 4 is 28.1 Å². The van der Waals surface area contributed by atoms with Crippen molar-refractivity contribution in [2.24, 2.45) is 0 Å². The van der Waals surface area contributed by atoms with Gasteiger partial charge in [-0.1, -0.05) is 43.0 Å². The zero-order valence-corrected chi connectivity index (χ0v) is 21.8. The van der Waals surface area contributed by atoms with Gasteiger partial charge in [0.2, 0.25) is 0 Å². The van der Waals surface area contributed by atoms with Crippen LogP contribution in [0.25, 0.3) is 11.3 Å². The minimum absolute atomic E-state index is 0.112. The fraction of sp³-hybridized carbons (Fsp3) is 0.370. The molecule has 0 saturated heterocycles. The van der Waals surface area contributed by atoms with Crippen molar-refractivity contribution in [2.75, 3.05) is 25.7 Å². The Labute approximate surface area is 210 Å². The average Bonchev–Trinajstić information content (AvgIpc) is 3.19. The fourth-order valence-electron chi connectivity index (χ4n) is 4.05. The number of hydrogen-bond acceptors (Lipinski definition) is 5. The Balaban J connectivity index is 2.05. The Kier molecular flexibility index (Phi) is 8.96. The molecular weight excluding hydrogens is 471 g/mol. The summed E-state index contributed by atoms with van der Waals surface area (Å²) in [4.78, 5) is 8.08. The number of nitrogens with zero attached hydrogens (tertiary/aromatic N) is 2. The molecule has 0 bridgehead atoms. The molecular formula is C27H30ClFN2O2S. The topological polar surface area (TPSA) is 34.6 Å². The lowest BCUT2D eigenvalue weighted by molar-refractivity contribution is 0.181. The zero-order valence-electron chi connectivity index (χ0n) is 20.2. The van der Waals surface area contributed by atoms with Gasteiger partial charge in [0.1, 0.15) is 11.6 Å². The third kappa shape index (κ3) is 5.55. The predicted molar refractivity (Wildman–Crippen MR) is 140 cm³/mol. The van der Waals surface area contributed by atoms with Gasteiger partial charge in [0, 0.05) is 23.1 Å². The molecule has 0 fully saturated rings. The highest BCUT2D eigenvalue weighted by molar-refractivity contribution is 7.16. The van der Waals surface area contributed by atoms with E-state index in [1.54, 1.807) is 37.7 Å². The van der Waals surface area contributed by atoms with Crippen LogP contribution in [0, 0.1) is 32.0 Å². The maximum absolute atomic E-state index is 14.7. The maximum atomic E-state index is 14.7. The zero-order chi connectivity index (χ0) is 24.8. The second-order valence-corrected chi connectivity index (χ2v) is 9.71. The number of terminal acetylenes is 1. The average molecular weight is 501 g/mol. The summed E-state index contributed by atoms with van der Waals surface area (Å²) in [6.07, 6.45) is 7.48. The molecule has 2 aromatic carbocycles. The monoisotopic (exact) mass is 500 g/mol. The third-order valence-corrected chi connectivity index (χ3v) is 7.05. The molecule has 0 radical (unpaired) electrons. The van der Waals surface area contributed by atoms with E-state index < -0.39 is 0 Å². The summed E-state index contributed by atoms with van der Waals surface area (Å²) in [6, 6.07) is 9.01. The largest absolute Gasteiger partial charge is 0.496 e. The Morgan fingerprint density at radius 1 is 1.24 bits per heavy atom. The molecule has 1 atom stereocenters. The Bertz CT molecular complexity index is 1190. The standard InChI is InChI=1S/C27H30ClFN2O2S/c1-7-9-24(19-10-11-20(16-32-5)23(29)14-19)31(12-8-2)27-30-26(18(4)34-27)21-13-17(3)25(33-6)15-22(21)28/h2,10-11,13-15,24H,7,9,12,16H2,1,3-6H3. The number of aromatic nitrogens is 1. The highest BCUT2D eigenvalue weighted by Gasteiger charge is 2.25. The van der Waals surface area contributed by atoms with Crippen LogP contribution in [0.5, 0.6) is 5.75 Å². The molecule has 180 valence electrons. The second kappa shape index (κ2) is 11.7. The quantitative estimate of drug-likeness (QED) is 0.272. The highest BCUT2D eigenvalue weighted by Crippen LogP contribution is 2.41. The van der Waals surface area contributed by atoms with Crippen LogP contribution in [0.1, 0.15) is 47.4 Å². The Morgan fingerprint density at radius 3 is 2.62 bits per heavy atom. The van der Waals surface area contributed by atoms with Gasteiger partial charge in [0.25, 0.3) is 0 Å². The van der Waals surface area contributed by atoms with E-state index in [4.69, 9.17) is 32.5 Å². The number of hydrogen-bond donors (Lipinski definition) is 0. The number of ether oxygens (including phenoxy) is 2. The predicted octanol–water partition coefficient (Wildman–Crippen LogP) is 7.36. The molecule has 0 spiro atoms. The number of halogens is 2. The van der Waals surface area contributed by atoms with Crippen molar-refractivity contribution in [3.05, 3.63) is 62.7 Å². The summed E-state index contributed by atoms with van der Waals surface area (Å²) >= 11 is 8.15. The fourth-order valence-corrected chi connectivity index (χ4v) is 5.26. The van der Waals surface area contributed by atoms with Crippen LogP contribution in [0.2, 0.25) is 5.02 Å². The van der Waals surface area contributed by atoms with Crippen LogP contribution < -0.4 is 9.64 Å². The lowest BCUT2D eigenvalue weighted by Gasteiger charge is -2.30. The number of thiazole rings is 1. The summed E-state index contributed by atoms with van der Waals surface area (Å²) in [5, 5.41) is 1.36. The van der Waals surface area contributed by atoms with Crippen LogP contribution in [-0.2, 0) is 11.3 Å². The van der Waals surface area contributed by atoms with Gasteiger partial charge < -0.3 is 14.4 Å². The van der Waals surface area contributed by atoms with Crippen molar-refractivity contribution in [2.45, 2.75) is 46.3 Å². The van der Waals surface area contributed by atoms with Gasteiger partial charge in [-0.15, -0.1) is 17.8 Å². The van der Waals surface area contributed by atoms with Gasteiger partial charge in [-0.2, -0.15) is 0 Å². The third-order valence-electron chi connectivity index (χ3n) is 5.73. The molecule has 1 unspecified atom stereocenters. The molecule has 0 saturated carbocycles. The number of methoxy groups -OCH3 is 2. The second-order valence-electron chi connectivity index (χ2n) is 8.12. The van der Waals surface area contributed by atoms with Gasteiger partial charge in [0.15, 0.2) is 5.13 Å². The van der Waals surface area contributed by atoms with E-state index in [9.17, 15) is 4.39 Å². The molecule has 0 aliphatic rings. The molecule has 4 nitrogen and oxygen atoms in total. The molecule has 3 aromatic rings. The van der Waals surface area contributed by atoms with Gasteiger partial charge >= 0.3 is 0 Å². The minimum Gasteiger partial charge on any atom is -0.496 e. The molecule has 1 heterocycles. The first-order valence-electron chi connectivity index (χ1n) is 11.1. The van der Waals surface area contributed by atoms with Gasteiger partial charge in [0.05, 0.1) is 37.0 Å². The first-order chi connectivity index (χ1) is 16.3. The number of rotatable bonds is 10. The number of aryl methyl sites for hydroxylation is 2. The number of benzene rings is 2. The van der Waals surface area contributed by atoms with Gasteiger partial charge in [-0.25, -0.2) is 9.37 Å².